The fourth-order valence-electron chi connectivity index (χ4n) is 5.55. The van der Waals surface area contributed by atoms with Gasteiger partial charge in [-0.15, -0.1) is 0 Å². The van der Waals surface area contributed by atoms with Crippen molar-refractivity contribution in [2.45, 2.75) is 58.0 Å². The van der Waals surface area contributed by atoms with Gasteiger partial charge < -0.3 is 25.2 Å². The lowest BCUT2D eigenvalue weighted by Gasteiger charge is -2.27. The van der Waals surface area contributed by atoms with E-state index in [-0.39, 0.29) is 11.8 Å². The number of piperidine rings is 1. The number of nitrogens with one attached hydrogen (secondary N) is 2. The quantitative estimate of drug-likeness (QED) is 0.159. The molecule has 4 rings (SSSR count). The van der Waals surface area contributed by atoms with E-state index in [1.54, 1.807) is 6.20 Å². The molecule has 0 aliphatic carbocycles. The largest absolute Gasteiger partial charge is 0.494 e. The van der Waals surface area contributed by atoms with Crippen molar-refractivity contribution in [3.05, 3.63) is 89.9 Å². The van der Waals surface area contributed by atoms with Gasteiger partial charge in [-0.1, -0.05) is 43.2 Å². The summed E-state index contributed by atoms with van der Waals surface area (Å²) in [5.41, 5.74) is 2.35. The van der Waals surface area contributed by atoms with Gasteiger partial charge in [-0.2, -0.15) is 0 Å². The maximum Gasteiger partial charge on any atom is 0.314 e. The number of pyridine rings is 1. The Morgan fingerprint density at radius 1 is 0.867 bits per heavy atom. The van der Waals surface area contributed by atoms with Crippen molar-refractivity contribution in [3.63, 3.8) is 0 Å². The van der Waals surface area contributed by atoms with Crippen molar-refractivity contribution in [2.24, 2.45) is 0 Å². The van der Waals surface area contributed by atoms with Gasteiger partial charge in [0.15, 0.2) is 0 Å². The van der Waals surface area contributed by atoms with Crippen LogP contribution in [0.4, 0.5) is 15.0 Å². The summed E-state index contributed by atoms with van der Waals surface area (Å²) in [5, 5.41) is 5.90. The first-order valence-corrected chi connectivity index (χ1v) is 16.6. The Bertz CT molecular complexity index is 1240. The SMILES string of the molecule is CN(CCCCCNC(=O)NCCCOc1cccc(CN2CCCCC2)c1)CCN(Cc1ccc(F)cc1)c1ccccn1. The summed E-state index contributed by atoms with van der Waals surface area (Å²) in [7, 11) is 2.14. The number of anilines is 1. The Morgan fingerprint density at radius 3 is 2.44 bits per heavy atom. The maximum atomic E-state index is 13.4. The molecule has 1 aliphatic rings. The Kier molecular flexibility index (Phi) is 14.9. The minimum Gasteiger partial charge on any atom is -0.494 e. The zero-order chi connectivity index (χ0) is 31.5. The number of amides is 2. The summed E-state index contributed by atoms with van der Waals surface area (Å²) in [6, 6.07) is 20.8. The highest BCUT2D eigenvalue weighted by Crippen LogP contribution is 2.18. The molecule has 1 saturated heterocycles. The fraction of sp³-hybridized carbons (Fsp3) is 0.500. The third-order valence-electron chi connectivity index (χ3n) is 8.14. The highest BCUT2D eigenvalue weighted by Gasteiger charge is 2.12. The standard InChI is InChI=1S/C36H51FN6O2/c1-41(25-26-43(35-14-4-6-19-38-35)30-31-15-17-33(37)18-16-31)22-7-2-5-20-39-36(44)40-21-11-27-45-34-13-10-12-32(28-34)29-42-23-8-3-9-24-42/h4,6,10,12-19,28H,2-3,5,7-9,11,20-27,29-30H2,1H3,(H2,39,40,44). The van der Waals surface area contributed by atoms with Crippen molar-refractivity contribution in [3.8, 4) is 5.75 Å². The van der Waals surface area contributed by atoms with Gasteiger partial charge in [0.1, 0.15) is 17.4 Å². The van der Waals surface area contributed by atoms with Crippen LogP contribution in [0.2, 0.25) is 0 Å². The van der Waals surface area contributed by atoms with Crippen LogP contribution in [0, 0.1) is 5.82 Å². The summed E-state index contributed by atoms with van der Waals surface area (Å²) in [5.74, 6) is 1.59. The molecule has 0 bridgehead atoms. The van der Waals surface area contributed by atoms with E-state index in [9.17, 15) is 9.18 Å². The molecule has 3 aromatic rings. The van der Waals surface area contributed by atoms with Gasteiger partial charge in [0, 0.05) is 45.5 Å². The number of unbranched alkanes of at least 4 members (excludes halogenated alkanes) is 2. The van der Waals surface area contributed by atoms with Crippen molar-refractivity contribution in [1.29, 1.82) is 0 Å². The van der Waals surface area contributed by atoms with Gasteiger partial charge >= 0.3 is 6.03 Å². The van der Waals surface area contributed by atoms with Crippen LogP contribution >= 0.6 is 0 Å². The average molecular weight is 619 g/mol. The molecule has 1 fully saturated rings. The molecule has 2 aromatic carbocycles. The highest BCUT2D eigenvalue weighted by atomic mass is 19.1. The van der Waals surface area contributed by atoms with Crippen LogP contribution in [0.15, 0.2) is 72.9 Å². The molecule has 244 valence electrons. The molecule has 9 heteroatoms. The second kappa shape index (κ2) is 19.6. The predicted molar refractivity (Wildman–Crippen MR) is 180 cm³/mol. The van der Waals surface area contributed by atoms with E-state index in [4.69, 9.17) is 4.74 Å². The molecule has 8 nitrogen and oxygen atoms in total. The molecular formula is C36H51FN6O2. The van der Waals surface area contributed by atoms with E-state index < -0.39 is 0 Å². The second-order valence-corrected chi connectivity index (χ2v) is 12.0. The van der Waals surface area contributed by atoms with Crippen LogP contribution in [0.3, 0.4) is 0 Å². The van der Waals surface area contributed by atoms with Gasteiger partial charge in [0.05, 0.1) is 6.61 Å². The summed E-state index contributed by atoms with van der Waals surface area (Å²) < 4.78 is 19.3. The molecule has 1 aliphatic heterocycles. The number of hydrogen-bond acceptors (Lipinski definition) is 6. The number of aromatic nitrogens is 1. The second-order valence-electron chi connectivity index (χ2n) is 12.0. The van der Waals surface area contributed by atoms with E-state index >= 15 is 0 Å². The fourth-order valence-corrected chi connectivity index (χ4v) is 5.55. The van der Waals surface area contributed by atoms with E-state index in [0.717, 1.165) is 69.0 Å². The first kappa shape index (κ1) is 34.2. The number of halogens is 1. The molecule has 2 N–H and O–H groups in total. The molecule has 0 saturated carbocycles. The highest BCUT2D eigenvalue weighted by molar-refractivity contribution is 5.73. The number of rotatable bonds is 19. The van der Waals surface area contributed by atoms with Crippen molar-refractivity contribution in [1.82, 2.24) is 25.4 Å². The van der Waals surface area contributed by atoms with Crippen LogP contribution in [-0.4, -0.2) is 80.3 Å². The van der Waals surface area contributed by atoms with Gasteiger partial charge in [0.25, 0.3) is 0 Å². The zero-order valence-electron chi connectivity index (χ0n) is 26.9. The average Bonchev–Trinajstić information content (AvgIpc) is 3.06. The Balaban J connectivity index is 1.01. The number of hydrogen-bond donors (Lipinski definition) is 2. The topological polar surface area (TPSA) is 73.0 Å². The molecule has 0 atom stereocenters. The Labute approximate surface area is 269 Å². The number of likely N-dealkylation sites (tertiary alicyclic amines) is 1. The minimum absolute atomic E-state index is 0.119. The van der Waals surface area contributed by atoms with E-state index in [1.165, 1.54) is 50.0 Å². The lowest BCUT2D eigenvalue weighted by molar-refractivity contribution is 0.220. The lowest BCUT2D eigenvalue weighted by atomic mass is 10.1. The summed E-state index contributed by atoms with van der Waals surface area (Å²) in [4.78, 5) is 23.8. The third kappa shape index (κ3) is 13.5. The van der Waals surface area contributed by atoms with E-state index in [0.29, 0.717) is 26.2 Å². The molecule has 1 aromatic heterocycles. The maximum absolute atomic E-state index is 13.4. The van der Waals surface area contributed by atoms with Crippen molar-refractivity contribution >= 4 is 11.8 Å². The van der Waals surface area contributed by atoms with E-state index in [1.807, 2.05) is 36.4 Å². The summed E-state index contributed by atoms with van der Waals surface area (Å²) in [6.45, 7) is 8.57. The normalized spacial score (nSPS) is 13.5. The Hall–Kier alpha value is -3.69. The van der Waals surface area contributed by atoms with Gasteiger partial charge in [-0.25, -0.2) is 14.2 Å². The molecule has 0 spiro atoms. The molecule has 0 unspecified atom stereocenters. The minimum atomic E-state index is -0.222. The molecular weight excluding hydrogens is 567 g/mol. The molecule has 2 heterocycles. The number of urea groups is 1. The third-order valence-corrected chi connectivity index (χ3v) is 8.14. The van der Waals surface area contributed by atoms with Crippen molar-refractivity contribution in [2.75, 3.05) is 64.4 Å². The number of nitrogens with zero attached hydrogens (tertiary/aromatic N) is 4. The first-order chi connectivity index (χ1) is 22.0. The van der Waals surface area contributed by atoms with Gasteiger partial charge in [-0.05, 0) is 106 Å². The van der Waals surface area contributed by atoms with Crippen LogP contribution in [0.5, 0.6) is 5.75 Å². The number of carbonyl (C=O) groups excluding carboxylic acids is 1. The smallest absolute Gasteiger partial charge is 0.314 e. The van der Waals surface area contributed by atoms with Gasteiger partial charge in [-0.3, -0.25) is 4.90 Å². The summed E-state index contributed by atoms with van der Waals surface area (Å²) >= 11 is 0. The first-order valence-electron chi connectivity index (χ1n) is 16.6. The lowest BCUT2D eigenvalue weighted by Crippen LogP contribution is -2.37. The number of likely N-dealkylation sites (N-methyl/N-ethyl adjacent to an activating group) is 1. The van der Waals surface area contributed by atoms with Crippen LogP contribution in [-0.2, 0) is 13.1 Å². The van der Waals surface area contributed by atoms with Crippen LogP contribution in [0.25, 0.3) is 0 Å². The number of ether oxygens (including phenoxy) is 1. The Morgan fingerprint density at radius 2 is 1.67 bits per heavy atom. The number of carbonyl (C=O) groups is 1. The zero-order valence-corrected chi connectivity index (χ0v) is 26.9. The monoisotopic (exact) mass is 618 g/mol. The van der Waals surface area contributed by atoms with Crippen molar-refractivity contribution < 1.29 is 13.9 Å². The number of benzene rings is 2. The molecule has 2 amide bonds. The van der Waals surface area contributed by atoms with Crippen LogP contribution in [0.1, 0.15) is 56.1 Å². The predicted octanol–water partition coefficient (Wildman–Crippen LogP) is 6.08. The van der Waals surface area contributed by atoms with Gasteiger partial charge in [0.2, 0.25) is 0 Å². The molecule has 45 heavy (non-hydrogen) atoms. The van der Waals surface area contributed by atoms with E-state index in [2.05, 4.69) is 55.6 Å². The summed E-state index contributed by atoms with van der Waals surface area (Å²) in [6.07, 6.45) is 9.57. The van der Waals surface area contributed by atoms with Crippen LogP contribution < -0.4 is 20.3 Å². The molecule has 0 radical (unpaired) electrons.